The van der Waals surface area contributed by atoms with Crippen LogP contribution in [0.5, 0.6) is 0 Å². The maximum Gasteiger partial charge on any atom is 0.321 e. The summed E-state index contributed by atoms with van der Waals surface area (Å²) in [7, 11) is 0. The van der Waals surface area contributed by atoms with E-state index in [1.807, 2.05) is 53.4 Å². The number of piperidine rings is 1. The molecule has 1 saturated heterocycles. The summed E-state index contributed by atoms with van der Waals surface area (Å²) in [5.41, 5.74) is 2.98. The van der Waals surface area contributed by atoms with Gasteiger partial charge in [-0.05, 0) is 60.4 Å². The third kappa shape index (κ3) is 5.90. The first-order chi connectivity index (χ1) is 16.0. The zero-order chi connectivity index (χ0) is 23.2. The molecular weight excluding hydrogens is 441 g/mol. The quantitative estimate of drug-likeness (QED) is 0.498. The van der Waals surface area contributed by atoms with E-state index in [2.05, 4.69) is 10.6 Å². The van der Waals surface area contributed by atoms with Crippen molar-refractivity contribution < 1.29 is 14.0 Å². The standard InChI is InChI=1S/C26H25ClFN3O2/c27-24-15-22(28)12-11-20(24)16-29-25(32)19-7-4-6-18(14-19)21-8-5-13-31(17-21)26(33)30-23-9-2-1-3-10-23/h1-4,6-7,9-12,14-15,21H,5,8,13,16-17H2,(H,29,32)(H,30,33)/t21-/m1/s1. The second kappa shape index (κ2) is 10.5. The largest absolute Gasteiger partial charge is 0.348 e. The van der Waals surface area contributed by atoms with E-state index in [1.54, 1.807) is 12.1 Å². The minimum atomic E-state index is -0.415. The fourth-order valence-electron chi connectivity index (χ4n) is 4.03. The van der Waals surface area contributed by atoms with Crippen LogP contribution in [0.15, 0.2) is 72.8 Å². The Labute approximate surface area is 197 Å². The number of carbonyl (C=O) groups excluding carboxylic acids is 2. The molecule has 0 spiro atoms. The van der Waals surface area contributed by atoms with Gasteiger partial charge in [0.1, 0.15) is 5.82 Å². The van der Waals surface area contributed by atoms with Gasteiger partial charge in [0.15, 0.2) is 0 Å². The number of amides is 3. The third-order valence-corrected chi connectivity index (χ3v) is 6.16. The molecule has 0 aliphatic carbocycles. The molecular formula is C26H25ClFN3O2. The maximum absolute atomic E-state index is 13.2. The van der Waals surface area contributed by atoms with Crippen molar-refractivity contribution in [3.63, 3.8) is 0 Å². The van der Waals surface area contributed by atoms with Crippen LogP contribution in [0.2, 0.25) is 5.02 Å². The molecule has 1 aliphatic rings. The van der Waals surface area contributed by atoms with Crippen molar-refractivity contribution in [2.45, 2.75) is 25.3 Å². The lowest BCUT2D eigenvalue weighted by Crippen LogP contribution is -2.41. The second-order valence-corrected chi connectivity index (χ2v) is 8.53. The molecule has 3 aromatic rings. The van der Waals surface area contributed by atoms with E-state index in [-0.39, 0.29) is 29.4 Å². The summed E-state index contributed by atoms with van der Waals surface area (Å²) in [6.07, 6.45) is 1.84. The molecule has 3 aromatic carbocycles. The highest BCUT2D eigenvalue weighted by Crippen LogP contribution is 2.28. The lowest BCUT2D eigenvalue weighted by Gasteiger charge is -2.33. The van der Waals surface area contributed by atoms with E-state index in [9.17, 15) is 14.0 Å². The number of rotatable bonds is 5. The number of carbonyl (C=O) groups is 2. The molecule has 170 valence electrons. The molecule has 1 fully saturated rings. The minimum absolute atomic E-state index is 0.115. The molecule has 0 radical (unpaired) electrons. The van der Waals surface area contributed by atoms with E-state index in [4.69, 9.17) is 11.6 Å². The first kappa shape index (κ1) is 22.8. The van der Waals surface area contributed by atoms with Crippen molar-refractivity contribution in [2.24, 2.45) is 0 Å². The van der Waals surface area contributed by atoms with Crippen molar-refractivity contribution in [1.29, 1.82) is 0 Å². The maximum atomic E-state index is 13.2. The number of anilines is 1. The number of likely N-dealkylation sites (tertiary alicyclic amines) is 1. The molecule has 2 N–H and O–H groups in total. The van der Waals surface area contributed by atoms with Gasteiger partial charge in [0.2, 0.25) is 0 Å². The Morgan fingerprint density at radius 1 is 1.03 bits per heavy atom. The zero-order valence-electron chi connectivity index (χ0n) is 18.1. The SMILES string of the molecule is O=C(NCc1ccc(F)cc1Cl)c1cccc([C@@H]2CCCN(C(=O)Nc3ccccc3)C2)c1. The van der Waals surface area contributed by atoms with Gasteiger partial charge in [-0.1, -0.05) is 48.0 Å². The van der Waals surface area contributed by atoms with E-state index >= 15 is 0 Å². The van der Waals surface area contributed by atoms with Crippen LogP contribution in [-0.4, -0.2) is 29.9 Å². The highest BCUT2D eigenvalue weighted by Gasteiger charge is 2.25. The fourth-order valence-corrected chi connectivity index (χ4v) is 4.27. The Hall–Kier alpha value is -3.38. The highest BCUT2D eigenvalue weighted by molar-refractivity contribution is 6.31. The number of halogens is 2. The fraction of sp³-hybridized carbons (Fsp3) is 0.231. The van der Waals surface area contributed by atoms with Crippen LogP contribution >= 0.6 is 11.6 Å². The average Bonchev–Trinajstić information content (AvgIpc) is 2.84. The van der Waals surface area contributed by atoms with Crippen LogP contribution in [0, 0.1) is 5.82 Å². The van der Waals surface area contributed by atoms with Gasteiger partial charge in [-0.25, -0.2) is 9.18 Å². The molecule has 3 amide bonds. The number of nitrogens with one attached hydrogen (secondary N) is 2. The Balaban J connectivity index is 1.39. The van der Waals surface area contributed by atoms with Crippen molar-refractivity contribution in [3.8, 4) is 0 Å². The van der Waals surface area contributed by atoms with Crippen LogP contribution in [0.1, 0.15) is 40.2 Å². The molecule has 4 rings (SSSR count). The summed E-state index contributed by atoms with van der Waals surface area (Å²) in [5, 5.41) is 6.06. The second-order valence-electron chi connectivity index (χ2n) is 8.13. The number of para-hydroxylation sites is 1. The van der Waals surface area contributed by atoms with Crippen molar-refractivity contribution in [1.82, 2.24) is 10.2 Å². The van der Waals surface area contributed by atoms with Crippen molar-refractivity contribution >= 4 is 29.2 Å². The van der Waals surface area contributed by atoms with Crippen LogP contribution in [0.25, 0.3) is 0 Å². The number of urea groups is 1. The summed E-state index contributed by atoms with van der Waals surface area (Å²) in [6.45, 7) is 1.50. The molecule has 1 atom stereocenters. The molecule has 7 heteroatoms. The summed E-state index contributed by atoms with van der Waals surface area (Å²) < 4.78 is 13.2. The molecule has 5 nitrogen and oxygen atoms in total. The third-order valence-electron chi connectivity index (χ3n) is 5.81. The van der Waals surface area contributed by atoms with Gasteiger partial charge in [0.25, 0.3) is 5.91 Å². The number of nitrogens with zero attached hydrogens (tertiary/aromatic N) is 1. The zero-order valence-corrected chi connectivity index (χ0v) is 18.8. The minimum Gasteiger partial charge on any atom is -0.348 e. The summed E-state index contributed by atoms with van der Waals surface area (Å²) in [6, 6.07) is 20.9. The Morgan fingerprint density at radius 3 is 2.64 bits per heavy atom. The van der Waals surface area contributed by atoms with Crippen molar-refractivity contribution in [3.05, 3.63) is 100 Å². The van der Waals surface area contributed by atoms with Gasteiger partial charge < -0.3 is 15.5 Å². The molecule has 1 heterocycles. The molecule has 33 heavy (non-hydrogen) atoms. The molecule has 1 aliphatic heterocycles. The van der Waals surface area contributed by atoms with Crippen LogP contribution in [0.4, 0.5) is 14.9 Å². The monoisotopic (exact) mass is 465 g/mol. The first-order valence-electron chi connectivity index (χ1n) is 10.9. The van der Waals surface area contributed by atoms with Gasteiger partial charge in [-0.15, -0.1) is 0 Å². The lowest BCUT2D eigenvalue weighted by atomic mass is 9.89. The predicted octanol–water partition coefficient (Wildman–Crippen LogP) is 5.82. The van der Waals surface area contributed by atoms with Crippen LogP contribution in [0.3, 0.4) is 0 Å². The Bertz CT molecular complexity index is 1140. The van der Waals surface area contributed by atoms with Gasteiger partial charge >= 0.3 is 6.03 Å². The Morgan fingerprint density at radius 2 is 1.85 bits per heavy atom. The summed E-state index contributed by atoms with van der Waals surface area (Å²) in [5.74, 6) is -0.493. The van der Waals surface area contributed by atoms with Gasteiger partial charge in [0, 0.05) is 41.8 Å². The summed E-state index contributed by atoms with van der Waals surface area (Å²) in [4.78, 5) is 27.2. The smallest absolute Gasteiger partial charge is 0.321 e. The van der Waals surface area contributed by atoms with E-state index in [0.717, 1.165) is 24.1 Å². The summed E-state index contributed by atoms with van der Waals surface area (Å²) >= 11 is 6.05. The van der Waals surface area contributed by atoms with Crippen LogP contribution < -0.4 is 10.6 Å². The molecule has 0 saturated carbocycles. The predicted molar refractivity (Wildman–Crippen MR) is 128 cm³/mol. The lowest BCUT2D eigenvalue weighted by molar-refractivity contribution is 0.0950. The highest BCUT2D eigenvalue weighted by atomic mass is 35.5. The van der Waals surface area contributed by atoms with E-state index in [0.29, 0.717) is 24.2 Å². The number of hydrogen-bond donors (Lipinski definition) is 2. The average molecular weight is 466 g/mol. The van der Waals surface area contributed by atoms with E-state index in [1.165, 1.54) is 12.1 Å². The van der Waals surface area contributed by atoms with Gasteiger partial charge in [0.05, 0.1) is 0 Å². The van der Waals surface area contributed by atoms with E-state index < -0.39 is 5.82 Å². The molecule has 0 bridgehead atoms. The normalized spacial score (nSPS) is 15.7. The molecule has 0 unspecified atom stereocenters. The first-order valence-corrected chi connectivity index (χ1v) is 11.3. The molecule has 0 aromatic heterocycles. The Kier molecular flexibility index (Phi) is 7.25. The van der Waals surface area contributed by atoms with Gasteiger partial charge in [-0.3, -0.25) is 4.79 Å². The number of hydrogen-bond acceptors (Lipinski definition) is 2. The van der Waals surface area contributed by atoms with Crippen molar-refractivity contribution in [2.75, 3.05) is 18.4 Å². The topological polar surface area (TPSA) is 61.4 Å². The van der Waals surface area contributed by atoms with Gasteiger partial charge in [-0.2, -0.15) is 0 Å². The van der Waals surface area contributed by atoms with Crippen LogP contribution in [-0.2, 0) is 6.54 Å². The number of benzene rings is 3.